The second-order valence-electron chi connectivity index (χ2n) is 9.25. The Morgan fingerprint density at radius 2 is 1.82 bits per heavy atom. The molecule has 0 aliphatic carbocycles. The first-order valence-electron chi connectivity index (χ1n) is 13.0. The number of aromatic nitrogens is 5. The van der Waals surface area contributed by atoms with E-state index in [1.165, 1.54) is 12.1 Å². The first-order chi connectivity index (χ1) is 19.6. The predicted molar refractivity (Wildman–Crippen MR) is 144 cm³/mol. The molecule has 4 aromatic rings. The van der Waals surface area contributed by atoms with Crippen molar-refractivity contribution in [2.45, 2.75) is 25.7 Å². The first-order valence-corrected chi connectivity index (χ1v) is 13.0. The molecule has 11 nitrogen and oxygen atoms in total. The van der Waals surface area contributed by atoms with Crippen LogP contribution in [0.2, 0.25) is 0 Å². The number of H-pyrrole nitrogens is 1. The van der Waals surface area contributed by atoms with E-state index in [4.69, 9.17) is 19.6 Å². The molecule has 1 amide bonds. The summed E-state index contributed by atoms with van der Waals surface area (Å²) in [6.07, 6.45) is 5.32. The molecule has 0 spiro atoms. The monoisotopic (exact) mass is 547 g/mol. The maximum atomic E-state index is 13.7. The van der Waals surface area contributed by atoms with Gasteiger partial charge in [-0.25, -0.2) is 19.3 Å². The molecule has 5 rings (SSSR count). The number of hydrogen-bond acceptors (Lipinski definition) is 9. The number of halogens is 1. The van der Waals surface area contributed by atoms with Crippen molar-refractivity contribution in [2.75, 3.05) is 31.7 Å². The van der Waals surface area contributed by atoms with Crippen molar-refractivity contribution >= 4 is 11.9 Å². The summed E-state index contributed by atoms with van der Waals surface area (Å²) in [6.45, 7) is 1.38. The normalized spacial score (nSPS) is 16.9. The van der Waals surface area contributed by atoms with Gasteiger partial charge in [-0.3, -0.25) is 9.78 Å². The van der Waals surface area contributed by atoms with Gasteiger partial charge in [0, 0.05) is 43.9 Å². The van der Waals surface area contributed by atoms with Crippen molar-refractivity contribution in [3.05, 3.63) is 78.3 Å². The summed E-state index contributed by atoms with van der Waals surface area (Å²) in [5, 5.41) is 14.9. The molecule has 12 heteroatoms. The molecule has 0 saturated carbocycles. The van der Waals surface area contributed by atoms with E-state index < -0.39 is 12.2 Å². The van der Waals surface area contributed by atoms with Crippen molar-refractivity contribution in [1.82, 2.24) is 30.2 Å². The smallest absolute Gasteiger partial charge is 0.227 e. The number of amides is 1. The Labute approximate surface area is 230 Å². The zero-order chi connectivity index (χ0) is 27.7. The summed E-state index contributed by atoms with van der Waals surface area (Å²) in [6, 6.07) is 11.7. The second kappa shape index (κ2) is 13.2. The number of nitrogens with one attached hydrogen (secondary N) is 3. The number of carbonyl (C=O) groups excluding carboxylic acids is 1. The lowest BCUT2D eigenvalue weighted by atomic mass is 10.1. The van der Waals surface area contributed by atoms with Gasteiger partial charge in [-0.05, 0) is 54.4 Å². The Morgan fingerprint density at radius 1 is 1.05 bits per heavy atom. The van der Waals surface area contributed by atoms with Crippen LogP contribution in [0, 0.1) is 11.7 Å². The Kier molecular flexibility index (Phi) is 9.01. The van der Waals surface area contributed by atoms with Crippen LogP contribution in [0.25, 0.3) is 22.6 Å². The number of carbonyl (C=O) groups is 1. The average molecular weight is 548 g/mol. The first kappa shape index (κ1) is 27.3. The maximum Gasteiger partial charge on any atom is 0.227 e. The maximum absolute atomic E-state index is 13.7. The second-order valence-corrected chi connectivity index (χ2v) is 9.25. The van der Waals surface area contributed by atoms with E-state index in [0.29, 0.717) is 60.3 Å². The molecular weight excluding hydrogens is 517 g/mol. The molecule has 3 aromatic heterocycles. The number of hydrogen-bond donors (Lipinski definition) is 4. The van der Waals surface area contributed by atoms with Gasteiger partial charge in [0.05, 0.1) is 42.6 Å². The SMILES string of the molecule is O=C(NCCCO)C1COC(Cc2nc(-c3ccc(F)cc3)c(-c3ccnc(NCc4ccncc4)n3)[nH]2)OC1. The third-order valence-corrected chi connectivity index (χ3v) is 6.31. The van der Waals surface area contributed by atoms with E-state index >= 15 is 0 Å². The van der Waals surface area contributed by atoms with Crippen LogP contribution in [0.5, 0.6) is 0 Å². The molecule has 4 heterocycles. The Hall–Kier alpha value is -4.26. The number of aliphatic hydroxyl groups is 1. The van der Waals surface area contributed by atoms with Crippen molar-refractivity contribution in [3.63, 3.8) is 0 Å². The summed E-state index contributed by atoms with van der Waals surface area (Å²) in [7, 11) is 0. The zero-order valence-corrected chi connectivity index (χ0v) is 21.7. The summed E-state index contributed by atoms with van der Waals surface area (Å²) >= 11 is 0. The van der Waals surface area contributed by atoms with Crippen LogP contribution in [0.4, 0.5) is 10.3 Å². The highest BCUT2D eigenvalue weighted by Gasteiger charge is 2.28. The van der Waals surface area contributed by atoms with Crippen molar-refractivity contribution in [2.24, 2.45) is 5.92 Å². The number of pyridine rings is 1. The van der Waals surface area contributed by atoms with E-state index in [0.717, 1.165) is 5.56 Å². The summed E-state index contributed by atoms with van der Waals surface area (Å²) in [5.41, 5.74) is 3.61. The van der Waals surface area contributed by atoms with Gasteiger partial charge < -0.3 is 30.2 Å². The minimum Gasteiger partial charge on any atom is -0.396 e. The van der Waals surface area contributed by atoms with Crippen molar-refractivity contribution in [1.29, 1.82) is 0 Å². The average Bonchev–Trinajstić information content (AvgIpc) is 3.41. The number of ether oxygens (including phenoxy) is 2. The van der Waals surface area contributed by atoms with E-state index in [1.54, 1.807) is 36.8 Å². The van der Waals surface area contributed by atoms with Gasteiger partial charge in [-0.1, -0.05) is 0 Å². The highest BCUT2D eigenvalue weighted by Crippen LogP contribution is 2.30. The summed E-state index contributed by atoms with van der Waals surface area (Å²) in [4.78, 5) is 33.4. The van der Waals surface area contributed by atoms with Gasteiger partial charge in [0.25, 0.3) is 0 Å². The minimum absolute atomic E-state index is 0.0174. The lowest BCUT2D eigenvalue weighted by Crippen LogP contribution is -2.42. The molecule has 0 bridgehead atoms. The molecule has 208 valence electrons. The quantitative estimate of drug-likeness (QED) is 0.208. The fourth-order valence-corrected chi connectivity index (χ4v) is 4.19. The van der Waals surface area contributed by atoms with Crippen LogP contribution < -0.4 is 10.6 Å². The van der Waals surface area contributed by atoms with Gasteiger partial charge in [0.15, 0.2) is 6.29 Å². The van der Waals surface area contributed by atoms with Gasteiger partial charge in [0.2, 0.25) is 11.9 Å². The molecule has 0 unspecified atom stereocenters. The van der Waals surface area contributed by atoms with Crippen molar-refractivity contribution < 1.29 is 23.8 Å². The van der Waals surface area contributed by atoms with Crippen LogP contribution in [0.1, 0.15) is 17.8 Å². The predicted octanol–water partition coefficient (Wildman–Crippen LogP) is 2.71. The fourth-order valence-electron chi connectivity index (χ4n) is 4.19. The number of anilines is 1. The minimum atomic E-state index is -0.593. The number of nitrogens with zero attached hydrogens (tertiary/aromatic N) is 4. The highest BCUT2D eigenvalue weighted by molar-refractivity contribution is 5.79. The van der Waals surface area contributed by atoms with Gasteiger partial charge in [-0.15, -0.1) is 0 Å². The van der Waals surface area contributed by atoms with Crippen LogP contribution in [-0.2, 0) is 27.2 Å². The number of aromatic amines is 1. The van der Waals surface area contributed by atoms with E-state index in [1.807, 2.05) is 12.1 Å². The largest absolute Gasteiger partial charge is 0.396 e. The lowest BCUT2D eigenvalue weighted by Gasteiger charge is -2.28. The van der Waals surface area contributed by atoms with Crippen molar-refractivity contribution in [3.8, 4) is 22.6 Å². The third kappa shape index (κ3) is 7.03. The Balaban J connectivity index is 1.31. The number of benzene rings is 1. The molecule has 40 heavy (non-hydrogen) atoms. The number of rotatable bonds is 11. The van der Waals surface area contributed by atoms with E-state index in [9.17, 15) is 9.18 Å². The highest BCUT2D eigenvalue weighted by atomic mass is 19.1. The molecular formula is C28H30FN7O4. The third-order valence-electron chi connectivity index (χ3n) is 6.31. The van der Waals surface area contributed by atoms with Crippen LogP contribution in [0.15, 0.2) is 61.1 Å². The van der Waals surface area contributed by atoms with Crippen LogP contribution in [-0.4, -0.2) is 68.6 Å². The fraction of sp³-hybridized carbons (Fsp3) is 0.321. The summed E-state index contributed by atoms with van der Waals surface area (Å²) < 4.78 is 25.3. The molecule has 0 atom stereocenters. The lowest BCUT2D eigenvalue weighted by molar-refractivity contribution is -0.200. The molecule has 1 aliphatic heterocycles. The van der Waals surface area contributed by atoms with Gasteiger partial charge >= 0.3 is 0 Å². The van der Waals surface area contributed by atoms with E-state index in [2.05, 4.69) is 30.6 Å². The van der Waals surface area contributed by atoms with E-state index in [-0.39, 0.29) is 31.5 Å². The number of aliphatic hydroxyl groups excluding tert-OH is 1. The molecule has 4 N–H and O–H groups in total. The molecule has 1 saturated heterocycles. The van der Waals surface area contributed by atoms with Crippen LogP contribution >= 0.6 is 0 Å². The molecule has 0 radical (unpaired) electrons. The topological polar surface area (TPSA) is 147 Å². The Bertz CT molecular complexity index is 1390. The van der Waals surface area contributed by atoms with Gasteiger partial charge in [0.1, 0.15) is 11.6 Å². The Morgan fingerprint density at radius 3 is 2.58 bits per heavy atom. The molecule has 1 fully saturated rings. The standard InChI is InChI=1S/C28H30FN7O4/c29-21-4-2-19(3-5-21)25-26(22-8-12-32-28(34-22)33-15-18-6-10-30-11-7-18)36-23(35-25)14-24-39-16-20(17-40-24)27(38)31-9-1-13-37/h2-8,10-12,20,24,37H,1,9,13-17H2,(H,31,38)(H,35,36)(H,32,33,34). The van der Waals surface area contributed by atoms with Gasteiger partial charge in [-0.2, -0.15) is 0 Å². The summed E-state index contributed by atoms with van der Waals surface area (Å²) in [5.74, 6) is 0.108. The molecule has 1 aromatic carbocycles. The van der Waals surface area contributed by atoms with Crippen LogP contribution in [0.3, 0.4) is 0 Å². The molecule has 1 aliphatic rings. The number of imidazole rings is 1. The zero-order valence-electron chi connectivity index (χ0n) is 21.7.